The summed E-state index contributed by atoms with van der Waals surface area (Å²) in [4.78, 5) is 28.0. The molecule has 4 rings (SSSR count). The van der Waals surface area contributed by atoms with Gasteiger partial charge in [-0.15, -0.1) is 0 Å². The van der Waals surface area contributed by atoms with Crippen molar-refractivity contribution in [2.75, 3.05) is 23.9 Å². The van der Waals surface area contributed by atoms with Crippen molar-refractivity contribution >= 4 is 23.3 Å². The van der Waals surface area contributed by atoms with E-state index in [4.69, 9.17) is 4.74 Å². The van der Waals surface area contributed by atoms with Crippen molar-refractivity contribution in [1.29, 1.82) is 0 Å². The number of nitrogens with one attached hydrogen (secondary N) is 2. The number of anilines is 2. The third-order valence-corrected chi connectivity index (χ3v) is 5.37. The second kappa shape index (κ2) is 9.34. The molecule has 3 aromatic rings. The van der Waals surface area contributed by atoms with Gasteiger partial charge in [0, 0.05) is 30.4 Å². The van der Waals surface area contributed by atoms with E-state index >= 15 is 0 Å². The molecule has 1 aliphatic rings. The molecule has 0 unspecified atom stereocenters. The number of rotatable bonds is 6. The van der Waals surface area contributed by atoms with Gasteiger partial charge in [0.1, 0.15) is 11.8 Å². The molecule has 0 bridgehead atoms. The van der Waals surface area contributed by atoms with Gasteiger partial charge in [0.15, 0.2) is 0 Å². The molecule has 3 aromatic carbocycles. The van der Waals surface area contributed by atoms with Crippen LogP contribution in [0.3, 0.4) is 0 Å². The Bertz CT molecular complexity index is 1070. The van der Waals surface area contributed by atoms with Gasteiger partial charge >= 0.3 is 6.03 Å². The fraction of sp³-hybridized carbons (Fsp3) is 0.200. The standard InChI is InChI=1S/C25H25N3O3/c1-31-21-12-7-11-20(17-21)26-25(30)27-22(16-18-8-3-2-4-9-18)24(29)28-15-14-19-10-5-6-13-23(19)28/h2-13,17,22H,14-16H2,1H3,(H2,26,27,30)/t22-/m0/s1. The van der Waals surface area contributed by atoms with Crippen molar-refractivity contribution in [3.05, 3.63) is 90.0 Å². The van der Waals surface area contributed by atoms with Gasteiger partial charge in [-0.05, 0) is 35.7 Å². The predicted molar refractivity (Wildman–Crippen MR) is 122 cm³/mol. The normalized spacial score (nSPS) is 13.3. The van der Waals surface area contributed by atoms with Crippen LogP contribution in [0, 0.1) is 0 Å². The van der Waals surface area contributed by atoms with E-state index in [1.807, 2.05) is 54.6 Å². The topological polar surface area (TPSA) is 70.7 Å². The van der Waals surface area contributed by atoms with E-state index in [0.717, 1.165) is 23.2 Å². The van der Waals surface area contributed by atoms with Gasteiger partial charge < -0.3 is 20.3 Å². The Balaban J connectivity index is 1.53. The number of hydrogen-bond acceptors (Lipinski definition) is 3. The second-order valence-electron chi connectivity index (χ2n) is 7.44. The van der Waals surface area contributed by atoms with Crippen LogP contribution in [0.5, 0.6) is 5.75 Å². The van der Waals surface area contributed by atoms with Gasteiger partial charge in [-0.3, -0.25) is 4.79 Å². The molecule has 0 saturated heterocycles. The van der Waals surface area contributed by atoms with Crippen molar-refractivity contribution in [3.8, 4) is 5.75 Å². The first kappa shape index (κ1) is 20.5. The molecule has 0 aliphatic carbocycles. The highest BCUT2D eigenvalue weighted by molar-refractivity contribution is 6.02. The zero-order chi connectivity index (χ0) is 21.6. The maximum atomic E-state index is 13.5. The lowest BCUT2D eigenvalue weighted by atomic mass is 10.0. The molecule has 1 atom stereocenters. The van der Waals surface area contributed by atoms with Gasteiger partial charge in [-0.2, -0.15) is 0 Å². The molecule has 1 heterocycles. The lowest BCUT2D eigenvalue weighted by Gasteiger charge is -2.25. The van der Waals surface area contributed by atoms with Crippen molar-refractivity contribution < 1.29 is 14.3 Å². The molecule has 31 heavy (non-hydrogen) atoms. The summed E-state index contributed by atoms with van der Waals surface area (Å²) in [6.07, 6.45) is 1.22. The molecule has 6 nitrogen and oxygen atoms in total. The smallest absolute Gasteiger partial charge is 0.319 e. The maximum absolute atomic E-state index is 13.5. The highest BCUT2D eigenvalue weighted by Gasteiger charge is 2.31. The van der Waals surface area contributed by atoms with E-state index in [1.165, 1.54) is 0 Å². The molecular weight excluding hydrogens is 390 g/mol. The SMILES string of the molecule is COc1cccc(NC(=O)N[C@@H](Cc2ccccc2)C(=O)N2CCc3ccccc32)c1. The largest absolute Gasteiger partial charge is 0.497 e. The first-order valence-electron chi connectivity index (χ1n) is 10.3. The fourth-order valence-corrected chi connectivity index (χ4v) is 3.83. The summed E-state index contributed by atoms with van der Waals surface area (Å²) >= 11 is 0. The van der Waals surface area contributed by atoms with E-state index in [1.54, 1.807) is 36.3 Å². The van der Waals surface area contributed by atoms with Crippen LogP contribution in [0.1, 0.15) is 11.1 Å². The van der Waals surface area contributed by atoms with E-state index in [0.29, 0.717) is 24.4 Å². The molecule has 158 valence electrons. The van der Waals surface area contributed by atoms with Crippen molar-refractivity contribution in [1.82, 2.24) is 5.32 Å². The van der Waals surface area contributed by atoms with Crippen LogP contribution < -0.4 is 20.3 Å². The van der Waals surface area contributed by atoms with E-state index in [2.05, 4.69) is 10.6 Å². The average molecular weight is 415 g/mol. The number of methoxy groups -OCH3 is 1. The minimum atomic E-state index is -0.695. The van der Waals surface area contributed by atoms with Gasteiger partial charge in [0.25, 0.3) is 0 Å². The zero-order valence-corrected chi connectivity index (χ0v) is 17.4. The maximum Gasteiger partial charge on any atom is 0.319 e. The molecule has 0 fully saturated rings. The Kier molecular flexibility index (Phi) is 6.17. The summed E-state index contributed by atoms with van der Waals surface area (Å²) in [5.74, 6) is 0.526. The number of hydrogen-bond donors (Lipinski definition) is 2. The molecule has 3 amide bonds. The highest BCUT2D eigenvalue weighted by atomic mass is 16.5. The Morgan fingerprint density at radius 2 is 1.77 bits per heavy atom. The third-order valence-electron chi connectivity index (χ3n) is 5.37. The summed E-state index contributed by atoms with van der Waals surface area (Å²) in [5, 5.41) is 5.67. The van der Waals surface area contributed by atoms with Crippen LogP contribution in [0.25, 0.3) is 0 Å². The summed E-state index contributed by atoms with van der Waals surface area (Å²) in [6.45, 7) is 0.614. The molecule has 0 spiro atoms. The van der Waals surface area contributed by atoms with Crippen LogP contribution in [-0.4, -0.2) is 31.6 Å². The van der Waals surface area contributed by atoms with Crippen molar-refractivity contribution in [3.63, 3.8) is 0 Å². The molecule has 0 aromatic heterocycles. The Morgan fingerprint density at radius 1 is 1.00 bits per heavy atom. The molecule has 0 radical (unpaired) electrons. The molecule has 6 heteroatoms. The molecular formula is C25H25N3O3. The summed E-state index contributed by atoms with van der Waals surface area (Å²) < 4.78 is 5.20. The number of urea groups is 1. The Hall–Kier alpha value is -3.80. The molecule has 0 saturated carbocycles. The monoisotopic (exact) mass is 415 g/mol. The lowest BCUT2D eigenvalue weighted by molar-refractivity contribution is -0.120. The number of amides is 3. The summed E-state index contributed by atoms with van der Waals surface area (Å²) in [7, 11) is 1.57. The quantitative estimate of drug-likeness (QED) is 0.639. The van der Waals surface area contributed by atoms with Crippen molar-refractivity contribution in [2.45, 2.75) is 18.9 Å². The van der Waals surface area contributed by atoms with Gasteiger partial charge in [0.2, 0.25) is 5.91 Å². The van der Waals surface area contributed by atoms with Crippen LogP contribution in [0.2, 0.25) is 0 Å². The highest BCUT2D eigenvalue weighted by Crippen LogP contribution is 2.28. The zero-order valence-electron chi connectivity index (χ0n) is 17.4. The lowest BCUT2D eigenvalue weighted by Crippen LogP contribution is -2.50. The van der Waals surface area contributed by atoms with Crippen LogP contribution in [0.15, 0.2) is 78.9 Å². The van der Waals surface area contributed by atoms with Crippen LogP contribution >= 0.6 is 0 Å². The van der Waals surface area contributed by atoms with E-state index < -0.39 is 12.1 Å². The number of fused-ring (bicyclic) bond motifs is 1. The van der Waals surface area contributed by atoms with Gasteiger partial charge in [-0.25, -0.2) is 4.79 Å². The fourth-order valence-electron chi connectivity index (χ4n) is 3.83. The van der Waals surface area contributed by atoms with Crippen LogP contribution in [0.4, 0.5) is 16.2 Å². The number of carbonyl (C=O) groups is 2. The predicted octanol–water partition coefficient (Wildman–Crippen LogP) is 4.02. The minimum absolute atomic E-state index is 0.116. The van der Waals surface area contributed by atoms with Gasteiger partial charge in [0.05, 0.1) is 7.11 Å². The van der Waals surface area contributed by atoms with E-state index in [-0.39, 0.29) is 5.91 Å². The molecule has 1 aliphatic heterocycles. The average Bonchev–Trinajstić information content (AvgIpc) is 3.23. The second-order valence-corrected chi connectivity index (χ2v) is 7.44. The van der Waals surface area contributed by atoms with E-state index in [9.17, 15) is 9.59 Å². The Morgan fingerprint density at radius 3 is 2.58 bits per heavy atom. The van der Waals surface area contributed by atoms with Crippen molar-refractivity contribution in [2.24, 2.45) is 0 Å². The number of benzene rings is 3. The minimum Gasteiger partial charge on any atom is -0.497 e. The summed E-state index contributed by atoms with van der Waals surface area (Å²) in [6, 6.07) is 23.6. The first-order valence-corrected chi connectivity index (χ1v) is 10.3. The van der Waals surface area contributed by atoms with Crippen LogP contribution in [-0.2, 0) is 17.6 Å². The Labute approximate surface area is 181 Å². The molecule has 2 N–H and O–H groups in total. The summed E-state index contributed by atoms with van der Waals surface area (Å²) in [5.41, 5.74) is 3.64. The third kappa shape index (κ3) is 4.86. The number of carbonyl (C=O) groups excluding carboxylic acids is 2. The number of para-hydroxylation sites is 1. The number of ether oxygens (including phenoxy) is 1. The number of nitrogens with zero attached hydrogens (tertiary/aromatic N) is 1. The first-order chi connectivity index (χ1) is 15.1. The van der Waals surface area contributed by atoms with Gasteiger partial charge in [-0.1, -0.05) is 54.6 Å².